The van der Waals surface area contributed by atoms with Crippen LogP contribution in [0.2, 0.25) is 0 Å². The van der Waals surface area contributed by atoms with E-state index in [-0.39, 0.29) is 17.6 Å². The topological polar surface area (TPSA) is 124 Å². The molecule has 1 amide bonds. The fourth-order valence-electron chi connectivity index (χ4n) is 3.71. The lowest BCUT2D eigenvalue weighted by Gasteiger charge is -2.10. The number of nitrogens with one attached hydrogen (secondary N) is 1. The molecule has 39 heavy (non-hydrogen) atoms. The number of amides is 1. The SMILES string of the molecule is COCCCC(=O)c1ccc(/C(=N\O[C@H]2CCOC2)C(=O)Nc2nc3ccc(OCCN(C)C)nc3s2)cc1. The van der Waals surface area contributed by atoms with E-state index in [2.05, 4.69) is 20.4 Å². The maximum Gasteiger partial charge on any atom is 0.280 e. The number of benzene rings is 1. The van der Waals surface area contributed by atoms with Crippen molar-refractivity contribution >= 4 is 44.2 Å². The maximum absolute atomic E-state index is 13.3. The summed E-state index contributed by atoms with van der Waals surface area (Å²) in [4.78, 5) is 43.1. The summed E-state index contributed by atoms with van der Waals surface area (Å²) in [6.45, 7) is 2.80. The van der Waals surface area contributed by atoms with Gasteiger partial charge in [0.15, 0.2) is 22.7 Å². The van der Waals surface area contributed by atoms with Crippen molar-refractivity contribution in [3.05, 3.63) is 47.5 Å². The van der Waals surface area contributed by atoms with E-state index in [0.29, 0.717) is 78.2 Å². The number of anilines is 1. The molecule has 11 nitrogen and oxygen atoms in total. The smallest absolute Gasteiger partial charge is 0.280 e. The third-order valence-corrected chi connectivity index (χ3v) is 6.75. The highest BCUT2D eigenvalue weighted by Gasteiger charge is 2.22. The summed E-state index contributed by atoms with van der Waals surface area (Å²) in [5, 5.41) is 7.37. The molecule has 0 spiro atoms. The summed E-state index contributed by atoms with van der Waals surface area (Å²) in [6, 6.07) is 10.3. The van der Waals surface area contributed by atoms with Gasteiger partial charge in [0.25, 0.3) is 5.91 Å². The summed E-state index contributed by atoms with van der Waals surface area (Å²) in [7, 11) is 5.55. The fourth-order valence-corrected chi connectivity index (χ4v) is 4.53. The highest BCUT2D eigenvalue weighted by Crippen LogP contribution is 2.26. The minimum absolute atomic E-state index is 0.00735. The Kier molecular flexibility index (Phi) is 10.3. The standard InChI is InChI=1S/C27H33N5O6S/c1-32(2)13-16-37-23-11-10-21-26(29-23)39-27(28-21)30-25(34)24(31-38-20-12-15-36-17-20)19-8-6-18(7-9-19)22(33)5-4-14-35-3/h6-11,20H,4-5,12-17H2,1-3H3,(H,28,30,34)/b31-24+/t20-/m0/s1. The van der Waals surface area contributed by atoms with Crippen molar-refractivity contribution in [2.45, 2.75) is 25.4 Å². The predicted molar refractivity (Wildman–Crippen MR) is 149 cm³/mol. The number of likely N-dealkylation sites (N-methyl/N-ethyl adjacent to an activating group) is 1. The monoisotopic (exact) mass is 555 g/mol. The van der Waals surface area contributed by atoms with Gasteiger partial charge in [0.05, 0.1) is 13.2 Å². The Morgan fingerprint density at radius 2 is 1.92 bits per heavy atom. The van der Waals surface area contributed by atoms with Crippen LogP contribution in [-0.2, 0) is 19.1 Å². The van der Waals surface area contributed by atoms with Crippen LogP contribution in [0.5, 0.6) is 5.88 Å². The summed E-state index contributed by atoms with van der Waals surface area (Å²) in [5.41, 5.74) is 1.78. The summed E-state index contributed by atoms with van der Waals surface area (Å²) in [5.74, 6) is 0.0136. The molecule has 1 saturated heterocycles. The first kappa shape index (κ1) is 28.6. The van der Waals surface area contributed by atoms with E-state index >= 15 is 0 Å². The molecule has 1 N–H and O–H groups in total. The Morgan fingerprint density at radius 1 is 1.13 bits per heavy atom. The Hall–Kier alpha value is -3.45. The van der Waals surface area contributed by atoms with E-state index in [1.54, 1.807) is 43.5 Å². The minimum atomic E-state index is -0.491. The van der Waals surface area contributed by atoms with Crippen molar-refractivity contribution in [2.75, 3.05) is 59.5 Å². The zero-order valence-corrected chi connectivity index (χ0v) is 23.2. The number of hydrogen-bond acceptors (Lipinski definition) is 11. The quantitative estimate of drug-likeness (QED) is 0.138. The van der Waals surface area contributed by atoms with Crippen LogP contribution in [0.25, 0.3) is 10.3 Å². The molecule has 0 radical (unpaired) electrons. The van der Waals surface area contributed by atoms with Gasteiger partial charge in [-0.2, -0.15) is 0 Å². The maximum atomic E-state index is 13.3. The largest absolute Gasteiger partial charge is 0.476 e. The van der Waals surface area contributed by atoms with Gasteiger partial charge in [0.2, 0.25) is 5.88 Å². The number of pyridine rings is 1. The number of thiazole rings is 1. The van der Waals surface area contributed by atoms with Gasteiger partial charge in [-0.3, -0.25) is 14.9 Å². The normalized spacial score (nSPS) is 15.6. The number of hydrogen-bond donors (Lipinski definition) is 1. The molecule has 0 saturated carbocycles. The molecular formula is C27H33N5O6S. The average molecular weight is 556 g/mol. The molecule has 12 heteroatoms. The van der Waals surface area contributed by atoms with Crippen molar-refractivity contribution in [1.82, 2.24) is 14.9 Å². The van der Waals surface area contributed by atoms with Crippen LogP contribution in [0.15, 0.2) is 41.6 Å². The Morgan fingerprint density at radius 3 is 2.64 bits per heavy atom. The van der Waals surface area contributed by atoms with Crippen molar-refractivity contribution in [2.24, 2.45) is 5.16 Å². The number of Topliss-reactive ketones (excluding diaryl/α,β-unsaturated/α-hetero) is 1. The number of methoxy groups -OCH3 is 1. The van der Waals surface area contributed by atoms with Crippen LogP contribution < -0.4 is 10.1 Å². The van der Waals surface area contributed by atoms with Crippen LogP contribution in [0, 0.1) is 0 Å². The van der Waals surface area contributed by atoms with E-state index < -0.39 is 5.91 Å². The molecule has 2 aromatic heterocycles. The molecule has 1 aromatic carbocycles. The Balaban J connectivity index is 1.49. The second kappa shape index (κ2) is 14.1. The molecule has 4 rings (SSSR count). The van der Waals surface area contributed by atoms with Crippen LogP contribution in [0.3, 0.4) is 0 Å². The first-order chi connectivity index (χ1) is 18.9. The molecule has 3 heterocycles. The van der Waals surface area contributed by atoms with Crippen LogP contribution in [-0.4, -0.2) is 92.6 Å². The van der Waals surface area contributed by atoms with E-state index in [1.165, 1.54) is 11.3 Å². The second-order valence-electron chi connectivity index (χ2n) is 9.23. The zero-order valence-electron chi connectivity index (χ0n) is 22.3. The van der Waals surface area contributed by atoms with Gasteiger partial charge in [-0.1, -0.05) is 40.8 Å². The Bertz CT molecular complexity index is 1290. The second-order valence-corrected chi connectivity index (χ2v) is 10.2. The van der Waals surface area contributed by atoms with Crippen molar-refractivity contribution in [3.8, 4) is 5.88 Å². The third kappa shape index (κ3) is 8.27. The van der Waals surface area contributed by atoms with E-state index in [1.807, 2.05) is 19.0 Å². The minimum Gasteiger partial charge on any atom is -0.476 e. The Labute approximate surface area is 231 Å². The van der Waals surface area contributed by atoms with Gasteiger partial charge in [-0.15, -0.1) is 0 Å². The van der Waals surface area contributed by atoms with E-state index in [9.17, 15) is 9.59 Å². The number of rotatable bonds is 14. The lowest BCUT2D eigenvalue weighted by atomic mass is 10.0. The molecule has 1 aliphatic rings. The zero-order chi connectivity index (χ0) is 27.6. The number of oxime groups is 1. The number of fused-ring (bicyclic) bond motifs is 1. The fraction of sp³-hybridized carbons (Fsp3) is 0.444. The number of aromatic nitrogens is 2. The van der Waals surface area contributed by atoms with Crippen molar-refractivity contribution < 1.29 is 28.6 Å². The first-order valence-electron chi connectivity index (χ1n) is 12.7. The summed E-state index contributed by atoms with van der Waals surface area (Å²) < 4.78 is 16.1. The van der Waals surface area contributed by atoms with Gasteiger partial charge < -0.3 is 23.9 Å². The molecule has 1 fully saturated rings. The molecular weight excluding hydrogens is 522 g/mol. The molecule has 208 valence electrons. The molecule has 0 bridgehead atoms. The number of ether oxygens (including phenoxy) is 3. The molecule has 3 aromatic rings. The first-order valence-corrected chi connectivity index (χ1v) is 13.5. The third-order valence-electron chi connectivity index (χ3n) is 5.87. The van der Waals surface area contributed by atoms with Gasteiger partial charge in [-0.05, 0) is 26.6 Å². The molecule has 0 aliphatic carbocycles. The highest BCUT2D eigenvalue weighted by molar-refractivity contribution is 7.22. The van der Waals surface area contributed by atoms with Crippen LogP contribution in [0.1, 0.15) is 35.2 Å². The van der Waals surface area contributed by atoms with Gasteiger partial charge >= 0.3 is 0 Å². The van der Waals surface area contributed by atoms with Crippen molar-refractivity contribution in [1.29, 1.82) is 0 Å². The number of carbonyl (C=O) groups is 2. The molecule has 0 unspecified atom stereocenters. The van der Waals surface area contributed by atoms with Crippen LogP contribution in [0.4, 0.5) is 5.13 Å². The average Bonchev–Trinajstić information content (AvgIpc) is 3.58. The van der Waals surface area contributed by atoms with Gasteiger partial charge in [-0.25, -0.2) is 9.97 Å². The predicted octanol–water partition coefficient (Wildman–Crippen LogP) is 3.39. The number of carbonyl (C=O) groups excluding carboxylic acids is 2. The van der Waals surface area contributed by atoms with E-state index in [4.69, 9.17) is 19.0 Å². The van der Waals surface area contributed by atoms with Crippen LogP contribution >= 0.6 is 11.3 Å². The number of nitrogens with zero attached hydrogens (tertiary/aromatic N) is 4. The summed E-state index contributed by atoms with van der Waals surface area (Å²) in [6.07, 6.45) is 1.49. The lowest BCUT2D eigenvalue weighted by Crippen LogP contribution is -2.25. The van der Waals surface area contributed by atoms with Gasteiger partial charge in [0, 0.05) is 50.3 Å². The highest BCUT2D eigenvalue weighted by atomic mass is 32.1. The molecule has 1 atom stereocenters. The van der Waals surface area contributed by atoms with Crippen molar-refractivity contribution in [3.63, 3.8) is 0 Å². The van der Waals surface area contributed by atoms with E-state index in [0.717, 1.165) is 6.54 Å². The lowest BCUT2D eigenvalue weighted by molar-refractivity contribution is -0.110. The number of ketones is 1. The summed E-state index contributed by atoms with van der Waals surface area (Å²) >= 11 is 1.24. The molecule has 1 aliphatic heterocycles. The van der Waals surface area contributed by atoms with Gasteiger partial charge in [0.1, 0.15) is 17.0 Å².